The molecule has 3 aliphatic rings. The molecule has 0 aliphatic carbocycles. The Morgan fingerprint density at radius 1 is 0.294 bits per heavy atom. The van der Waals surface area contributed by atoms with Gasteiger partial charge in [-0.15, -0.1) is 0 Å². The van der Waals surface area contributed by atoms with Crippen molar-refractivity contribution in [3.8, 4) is 69.0 Å². The molecule has 0 fully saturated rings. The van der Waals surface area contributed by atoms with Gasteiger partial charge in [-0.05, 0) is 123 Å². The number of hydrogen-bond donors (Lipinski definition) is 9. The van der Waals surface area contributed by atoms with Gasteiger partial charge in [0.2, 0.25) is 0 Å². The first kappa shape index (κ1) is 41.8. The number of fused-ring (bicyclic) bond motifs is 3. The monoisotopic (exact) mass is 906 g/mol. The number of aromatic hydroxyl groups is 9. The van der Waals surface area contributed by atoms with Crippen molar-refractivity contribution in [2.45, 2.75) is 36.1 Å². The minimum atomic E-state index is -0.818. The topological polar surface area (TPSA) is 210 Å². The predicted molar refractivity (Wildman–Crippen MR) is 251 cm³/mol. The Bertz CT molecular complexity index is 3230. The van der Waals surface area contributed by atoms with Crippen LogP contribution in [0.4, 0.5) is 0 Å². The number of rotatable bonds is 8. The summed E-state index contributed by atoms with van der Waals surface area (Å²) < 4.78 is 20.8. The first-order valence-corrected chi connectivity index (χ1v) is 21.8. The van der Waals surface area contributed by atoms with Crippen molar-refractivity contribution in [2.24, 2.45) is 0 Å². The number of phenolic OH excluding ortho intramolecular Hbond substituents is 9. The maximum Gasteiger partial charge on any atom is 0.135 e. The molecular formula is C56H42O12. The van der Waals surface area contributed by atoms with E-state index in [9.17, 15) is 46.0 Å². The maximum atomic E-state index is 11.8. The molecule has 3 heterocycles. The average Bonchev–Trinajstić information content (AvgIpc) is 4.00. The highest BCUT2D eigenvalue weighted by Crippen LogP contribution is 2.63. The molecule has 0 spiro atoms. The molecule has 9 N–H and O–H groups in total. The van der Waals surface area contributed by atoms with E-state index in [1.54, 1.807) is 127 Å². The van der Waals surface area contributed by atoms with Gasteiger partial charge < -0.3 is 60.2 Å². The van der Waals surface area contributed by atoms with Crippen LogP contribution in [0, 0.1) is 0 Å². The molecule has 12 heteroatoms. The lowest BCUT2D eigenvalue weighted by Crippen LogP contribution is -2.17. The van der Waals surface area contributed by atoms with E-state index in [1.807, 2.05) is 18.2 Å². The predicted octanol–water partition coefficient (Wildman–Crippen LogP) is 11.0. The maximum absolute atomic E-state index is 11.8. The summed E-state index contributed by atoms with van der Waals surface area (Å²) in [5.41, 5.74) is 6.98. The molecule has 68 heavy (non-hydrogen) atoms. The molecule has 338 valence electrons. The average molecular weight is 907 g/mol. The summed E-state index contributed by atoms with van der Waals surface area (Å²) >= 11 is 0. The summed E-state index contributed by atoms with van der Waals surface area (Å²) in [5.74, 6) is -1.59. The second kappa shape index (κ2) is 16.2. The largest absolute Gasteiger partial charge is 0.508 e. The molecule has 11 rings (SSSR count). The van der Waals surface area contributed by atoms with E-state index in [0.717, 1.165) is 5.56 Å². The molecule has 0 amide bonds. The van der Waals surface area contributed by atoms with Crippen LogP contribution in [-0.2, 0) is 0 Å². The minimum absolute atomic E-state index is 0.0373. The number of hydrogen-bond acceptors (Lipinski definition) is 12. The zero-order valence-corrected chi connectivity index (χ0v) is 35.8. The quantitative estimate of drug-likeness (QED) is 0.0652. The molecule has 0 radical (unpaired) electrons. The Labute approximate surface area is 389 Å². The summed E-state index contributed by atoms with van der Waals surface area (Å²) in [6.07, 6.45) is 1.48. The Kier molecular flexibility index (Phi) is 9.96. The minimum Gasteiger partial charge on any atom is -0.508 e. The van der Waals surface area contributed by atoms with Crippen LogP contribution >= 0.6 is 0 Å². The number of phenols is 9. The van der Waals surface area contributed by atoms with Gasteiger partial charge in [-0.1, -0.05) is 60.7 Å². The van der Waals surface area contributed by atoms with E-state index in [4.69, 9.17) is 14.2 Å². The van der Waals surface area contributed by atoms with Crippen molar-refractivity contribution in [1.82, 2.24) is 0 Å². The van der Waals surface area contributed by atoms with Crippen LogP contribution in [0.1, 0.15) is 97.3 Å². The van der Waals surface area contributed by atoms with E-state index in [1.165, 1.54) is 18.2 Å². The van der Waals surface area contributed by atoms with Crippen molar-refractivity contribution in [2.75, 3.05) is 0 Å². The van der Waals surface area contributed by atoms with Crippen molar-refractivity contribution in [1.29, 1.82) is 0 Å². The van der Waals surface area contributed by atoms with Gasteiger partial charge >= 0.3 is 0 Å². The second-order valence-electron chi connectivity index (χ2n) is 17.4. The van der Waals surface area contributed by atoms with Crippen LogP contribution in [0.5, 0.6) is 69.0 Å². The third-order valence-corrected chi connectivity index (χ3v) is 13.0. The molecule has 0 saturated heterocycles. The molecule has 12 nitrogen and oxygen atoms in total. The fourth-order valence-electron chi connectivity index (χ4n) is 10.2. The van der Waals surface area contributed by atoms with E-state index in [2.05, 4.69) is 0 Å². The summed E-state index contributed by atoms with van der Waals surface area (Å²) in [6, 6.07) is 40.2. The highest BCUT2D eigenvalue weighted by atomic mass is 16.5. The van der Waals surface area contributed by atoms with Gasteiger partial charge in [0, 0.05) is 41.0 Å². The lowest BCUT2D eigenvalue weighted by atomic mass is 9.74. The Balaban J connectivity index is 1.21. The number of benzene rings is 8. The highest BCUT2D eigenvalue weighted by molar-refractivity contribution is 5.80. The SMILES string of the molecule is Oc1ccc(C=Cc2c3c(cc4c2C(c2cc(O)cc5c2C(c2cc(O)cc(O)c2)C(c2ccc(O)cc2)O5)C(c2ccc(O)cc2)O4)OC(c2ccc(O)cc2)C3c2cc(O)cc(O)c2)cc1. The fraction of sp³-hybridized carbons (Fsp3) is 0.107. The van der Waals surface area contributed by atoms with Crippen molar-refractivity contribution in [3.05, 3.63) is 213 Å². The fourth-order valence-corrected chi connectivity index (χ4v) is 10.2. The molecular weight excluding hydrogens is 865 g/mol. The third-order valence-electron chi connectivity index (χ3n) is 13.0. The lowest BCUT2D eigenvalue weighted by Gasteiger charge is -2.27. The molecule has 6 atom stereocenters. The van der Waals surface area contributed by atoms with E-state index < -0.39 is 36.1 Å². The summed E-state index contributed by atoms with van der Waals surface area (Å²) in [5, 5.41) is 96.9. The Hall–Kier alpha value is -8.90. The Morgan fingerprint density at radius 3 is 1.09 bits per heavy atom. The molecule has 0 saturated carbocycles. The van der Waals surface area contributed by atoms with Crippen LogP contribution in [0.3, 0.4) is 0 Å². The van der Waals surface area contributed by atoms with Gasteiger partial charge in [-0.3, -0.25) is 0 Å². The first-order chi connectivity index (χ1) is 32.8. The highest BCUT2D eigenvalue weighted by Gasteiger charge is 2.49. The number of ether oxygens (including phenoxy) is 3. The standard InChI is InChI=1S/C56H42O12/c57-34-10-1-28(2-11-34)3-18-43-50-46(67-54(29-4-12-35(58)13-5-29)48(50)32-19-38(61)23-39(62)20-32)27-47-51(43)53(56(68-47)31-8-16-37(60)17-9-31)44-25-42(65)26-45-52(44)49(33-21-40(63)24-41(64)22-33)55(66-45)30-6-14-36(59)15-7-30/h1-27,48-49,53-65H. The van der Waals surface area contributed by atoms with Crippen LogP contribution in [0.25, 0.3) is 12.2 Å². The van der Waals surface area contributed by atoms with Crippen LogP contribution in [0.2, 0.25) is 0 Å². The van der Waals surface area contributed by atoms with Gasteiger partial charge in [-0.2, -0.15) is 0 Å². The zero-order valence-electron chi connectivity index (χ0n) is 35.8. The van der Waals surface area contributed by atoms with Crippen LogP contribution < -0.4 is 14.2 Å². The normalized spacial score (nSPS) is 20.0. The molecule has 3 aliphatic heterocycles. The van der Waals surface area contributed by atoms with E-state index in [0.29, 0.717) is 72.9 Å². The first-order valence-electron chi connectivity index (χ1n) is 21.8. The van der Waals surface area contributed by atoms with Gasteiger partial charge in [0.15, 0.2) is 0 Å². The zero-order chi connectivity index (χ0) is 47.0. The van der Waals surface area contributed by atoms with Gasteiger partial charge in [-0.25, -0.2) is 0 Å². The second-order valence-corrected chi connectivity index (χ2v) is 17.4. The van der Waals surface area contributed by atoms with E-state index in [-0.39, 0.29) is 51.7 Å². The summed E-state index contributed by atoms with van der Waals surface area (Å²) in [7, 11) is 0. The smallest absolute Gasteiger partial charge is 0.135 e. The molecule has 8 aromatic carbocycles. The van der Waals surface area contributed by atoms with Crippen molar-refractivity contribution >= 4 is 12.2 Å². The van der Waals surface area contributed by atoms with Crippen molar-refractivity contribution in [3.63, 3.8) is 0 Å². The summed E-state index contributed by atoms with van der Waals surface area (Å²) in [6.45, 7) is 0. The lowest BCUT2D eigenvalue weighted by molar-refractivity contribution is 0.212. The van der Waals surface area contributed by atoms with Gasteiger partial charge in [0.05, 0.1) is 17.8 Å². The Morgan fingerprint density at radius 2 is 0.647 bits per heavy atom. The van der Waals surface area contributed by atoms with Gasteiger partial charge in [0.1, 0.15) is 87.3 Å². The molecule has 8 aromatic rings. The molecule has 0 bridgehead atoms. The van der Waals surface area contributed by atoms with Crippen LogP contribution in [0.15, 0.2) is 152 Å². The van der Waals surface area contributed by atoms with Gasteiger partial charge in [0.25, 0.3) is 0 Å². The van der Waals surface area contributed by atoms with Crippen molar-refractivity contribution < 1.29 is 60.2 Å². The molecule has 0 aromatic heterocycles. The third kappa shape index (κ3) is 7.37. The molecule has 6 unspecified atom stereocenters. The van der Waals surface area contributed by atoms with E-state index >= 15 is 0 Å². The van der Waals surface area contributed by atoms with Crippen LogP contribution in [-0.4, -0.2) is 46.0 Å². The summed E-state index contributed by atoms with van der Waals surface area (Å²) in [4.78, 5) is 0.